The van der Waals surface area contributed by atoms with Crippen LogP contribution in [0, 0.1) is 0 Å². The number of anilines is 1. The Balaban J connectivity index is 1.69. The van der Waals surface area contributed by atoms with E-state index in [1.165, 1.54) is 4.57 Å². The van der Waals surface area contributed by atoms with Crippen LogP contribution in [-0.4, -0.2) is 21.4 Å². The van der Waals surface area contributed by atoms with Crippen LogP contribution >= 0.6 is 0 Å². The highest BCUT2D eigenvalue weighted by Gasteiger charge is 2.31. The molecule has 0 saturated heterocycles. The number of rotatable bonds is 2. The van der Waals surface area contributed by atoms with Crippen LogP contribution in [-0.2, 0) is 0 Å². The summed E-state index contributed by atoms with van der Waals surface area (Å²) >= 11 is 0. The Bertz CT molecular complexity index is 1350. The Morgan fingerprint density at radius 1 is 0.964 bits per heavy atom. The Hall–Kier alpha value is -4.20. The fourth-order valence-electron chi connectivity index (χ4n) is 3.30. The Morgan fingerprint density at radius 3 is 2.54 bits per heavy atom. The van der Waals surface area contributed by atoms with Gasteiger partial charge in [0.2, 0.25) is 5.89 Å². The van der Waals surface area contributed by atoms with E-state index in [9.17, 15) is 14.4 Å². The molecule has 2 aromatic heterocycles. The summed E-state index contributed by atoms with van der Waals surface area (Å²) in [5, 5.41) is 2.14. The number of nitrogens with zero attached hydrogens (tertiary/aromatic N) is 2. The van der Waals surface area contributed by atoms with E-state index in [4.69, 9.17) is 10.2 Å². The zero-order chi connectivity index (χ0) is 19.4. The van der Waals surface area contributed by atoms with Crippen molar-refractivity contribution in [3.63, 3.8) is 0 Å². The van der Waals surface area contributed by atoms with Crippen molar-refractivity contribution in [3.8, 4) is 17.1 Å². The summed E-state index contributed by atoms with van der Waals surface area (Å²) in [6.07, 6.45) is 0. The standard InChI is InChI=1S/C20H12N4O4/c21-17-16-12(18(26)23-19(16)27)9-15(25)24(17)11-6-7-14-13(8-11)22-20(28-14)10-4-2-1-3-5-10/h1-9H,21H2,(H,23,26,27). The SMILES string of the molecule is Nc1c2c(cc(=O)n1-c1ccc3oc(-c4ccccc4)nc3c1)C(=O)NC2=O. The molecule has 136 valence electrons. The van der Waals surface area contributed by atoms with E-state index in [0.29, 0.717) is 22.7 Å². The van der Waals surface area contributed by atoms with E-state index in [0.717, 1.165) is 11.6 Å². The van der Waals surface area contributed by atoms with Crippen LogP contribution in [0.4, 0.5) is 5.82 Å². The molecule has 8 heteroatoms. The van der Waals surface area contributed by atoms with Gasteiger partial charge in [-0.15, -0.1) is 0 Å². The fourth-order valence-corrected chi connectivity index (χ4v) is 3.30. The molecule has 3 N–H and O–H groups in total. The number of oxazole rings is 1. The van der Waals surface area contributed by atoms with Crippen LogP contribution in [0.25, 0.3) is 28.2 Å². The predicted molar refractivity (Wildman–Crippen MR) is 101 cm³/mol. The second kappa shape index (κ2) is 5.65. The number of amides is 2. The monoisotopic (exact) mass is 372 g/mol. The number of nitrogens with two attached hydrogens (primary N) is 1. The number of pyridine rings is 1. The van der Waals surface area contributed by atoms with Gasteiger partial charge < -0.3 is 10.2 Å². The number of benzene rings is 2. The lowest BCUT2D eigenvalue weighted by molar-refractivity contribution is 0.0880. The third kappa shape index (κ3) is 2.25. The molecule has 1 aliphatic heterocycles. The maximum atomic E-state index is 12.6. The summed E-state index contributed by atoms with van der Waals surface area (Å²) in [7, 11) is 0. The highest BCUT2D eigenvalue weighted by Crippen LogP contribution is 2.27. The van der Waals surface area contributed by atoms with Gasteiger partial charge in [0.05, 0.1) is 16.8 Å². The van der Waals surface area contributed by atoms with Gasteiger partial charge in [-0.1, -0.05) is 18.2 Å². The molecule has 8 nitrogen and oxygen atoms in total. The van der Waals surface area contributed by atoms with Gasteiger partial charge in [0.1, 0.15) is 11.3 Å². The number of imide groups is 1. The second-order valence-corrected chi connectivity index (χ2v) is 6.31. The van der Waals surface area contributed by atoms with Crippen molar-refractivity contribution in [1.82, 2.24) is 14.9 Å². The molecule has 5 rings (SSSR count). The number of hydrogen-bond donors (Lipinski definition) is 2. The molecular weight excluding hydrogens is 360 g/mol. The molecule has 0 atom stereocenters. The van der Waals surface area contributed by atoms with Gasteiger partial charge in [0.25, 0.3) is 17.4 Å². The van der Waals surface area contributed by atoms with E-state index in [1.54, 1.807) is 18.2 Å². The van der Waals surface area contributed by atoms with E-state index < -0.39 is 17.4 Å². The summed E-state index contributed by atoms with van der Waals surface area (Å²) < 4.78 is 6.95. The van der Waals surface area contributed by atoms with E-state index >= 15 is 0 Å². The van der Waals surface area contributed by atoms with Gasteiger partial charge in [-0.2, -0.15) is 0 Å². The van der Waals surface area contributed by atoms with Crippen molar-refractivity contribution >= 4 is 28.7 Å². The average Bonchev–Trinajstić information content (AvgIpc) is 3.23. The molecule has 0 aliphatic carbocycles. The highest BCUT2D eigenvalue weighted by molar-refractivity contribution is 6.23. The van der Waals surface area contributed by atoms with Crippen molar-refractivity contribution in [1.29, 1.82) is 0 Å². The number of aromatic nitrogens is 2. The maximum Gasteiger partial charge on any atom is 0.262 e. The third-order valence-corrected chi connectivity index (χ3v) is 4.60. The van der Waals surface area contributed by atoms with Crippen LogP contribution in [0.3, 0.4) is 0 Å². The van der Waals surface area contributed by atoms with E-state index in [-0.39, 0.29) is 16.9 Å². The van der Waals surface area contributed by atoms with E-state index in [1.807, 2.05) is 30.3 Å². The van der Waals surface area contributed by atoms with Crippen molar-refractivity contribution in [2.45, 2.75) is 0 Å². The quantitative estimate of drug-likeness (QED) is 0.520. The number of fused-ring (bicyclic) bond motifs is 2. The molecule has 2 amide bonds. The molecular formula is C20H12N4O4. The summed E-state index contributed by atoms with van der Waals surface area (Å²) in [5.74, 6) is -0.903. The number of nitrogen functional groups attached to an aromatic ring is 1. The Kier molecular flexibility index (Phi) is 3.23. The summed E-state index contributed by atoms with van der Waals surface area (Å²) in [4.78, 5) is 40.8. The van der Waals surface area contributed by atoms with Gasteiger partial charge in [-0.25, -0.2) is 4.98 Å². The van der Waals surface area contributed by atoms with Gasteiger partial charge in [-0.3, -0.25) is 24.3 Å². The number of carbonyl (C=O) groups excluding carboxylic acids is 2. The first-order valence-corrected chi connectivity index (χ1v) is 8.40. The normalized spacial score (nSPS) is 13.0. The molecule has 0 bridgehead atoms. The molecule has 3 heterocycles. The number of nitrogens with one attached hydrogen (secondary N) is 1. The van der Waals surface area contributed by atoms with Gasteiger partial charge in [0, 0.05) is 11.6 Å². The molecule has 0 spiro atoms. The first kappa shape index (κ1) is 16.0. The van der Waals surface area contributed by atoms with Crippen molar-refractivity contribution in [3.05, 3.63) is 76.1 Å². The lowest BCUT2D eigenvalue weighted by Gasteiger charge is -2.11. The Labute approximate surface area is 157 Å². The van der Waals surface area contributed by atoms with Crippen molar-refractivity contribution in [2.24, 2.45) is 0 Å². The molecule has 0 fully saturated rings. The summed E-state index contributed by atoms with van der Waals surface area (Å²) in [6.45, 7) is 0. The molecule has 4 aromatic rings. The van der Waals surface area contributed by atoms with Crippen LogP contribution < -0.4 is 16.6 Å². The topological polar surface area (TPSA) is 120 Å². The fraction of sp³-hybridized carbons (Fsp3) is 0. The zero-order valence-electron chi connectivity index (χ0n) is 14.3. The van der Waals surface area contributed by atoms with Gasteiger partial charge in [0.15, 0.2) is 5.58 Å². The number of hydrogen-bond acceptors (Lipinski definition) is 6. The molecule has 0 unspecified atom stereocenters. The first-order valence-electron chi connectivity index (χ1n) is 8.40. The molecule has 28 heavy (non-hydrogen) atoms. The smallest absolute Gasteiger partial charge is 0.262 e. The largest absolute Gasteiger partial charge is 0.436 e. The summed E-state index contributed by atoms with van der Waals surface area (Å²) in [6, 6.07) is 15.5. The first-order chi connectivity index (χ1) is 13.5. The lowest BCUT2D eigenvalue weighted by atomic mass is 10.1. The third-order valence-electron chi connectivity index (χ3n) is 4.60. The van der Waals surface area contributed by atoms with E-state index in [2.05, 4.69) is 10.3 Å². The maximum absolute atomic E-state index is 12.6. The van der Waals surface area contributed by atoms with Crippen LogP contribution in [0.5, 0.6) is 0 Å². The Morgan fingerprint density at radius 2 is 1.75 bits per heavy atom. The zero-order valence-corrected chi connectivity index (χ0v) is 14.3. The van der Waals surface area contributed by atoms with Gasteiger partial charge >= 0.3 is 0 Å². The average molecular weight is 372 g/mol. The molecule has 0 saturated carbocycles. The van der Waals surface area contributed by atoms with Crippen LogP contribution in [0.2, 0.25) is 0 Å². The highest BCUT2D eigenvalue weighted by atomic mass is 16.3. The minimum absolute atomic E-state index is 0.00479. The lowest BCUT2D eigenvalue weighted by Crippen LogP contribution is -2.24. The molecule has 2 aromatic carbocycles. The van der Waals surface area contributed by atoms with Crippen molar-refractivity contribution in [2.75, 3.05) is 5.73 Å². The predicted octanol–water partition coefficient (Wildman–Crippen LogP) is 2.11. The van der Waals surface area contributed by atoms with Crippen molar-refractivity contribution < 1.29 is 14.0 Å². The van der Waals surface area contributed by atoms with Crippen LogP contribution in [0.15, 0.2) is 63.8 Å². The molecule has 1 aliphatic rings. The number of carbonyl (C=O) groups is 2. The second-order valence-electron chi connectivity index (χ2n) is 6.31. The minimum atomic E-state index is -0.629. The molecule has 0 radical (unpaired) electrons. The minimum Gasteiger partial charge on any atom is -0.436 e. The summed E-state index contributed by atoms with van der Waals surface area (Å²) in [5.41, 5.74) is 7.84. The van der Waals surface area contributed by atoms with Gasteiger partial charge in [-0.05, 0) is 30.3 Å². The van der Waals surface area contributed by atoms with Crippen LogP contribution in [0.1, 0.15) is 20.7 Å².